The van der Waals surface area contributed by atoms with Crippen LogP contribution in [0.25, 0.3) is 0 Å². The molecule has 6 nitrogen and oxygen atoms in total. The van der Waals surface area contributed by atoms with Crippen molar-refractivity contribution in [2.24, 2.45) is 4.99 Å². The molecule has 2 aromatic carbocycles. The van der Waals surface area contributed by atoms with Crippen LogP contribution in [0.15, 0.2) is 47.5 Å². The number of anilines is 2. The Hall–Kier alpha value is -2.39. The monoisotopic (exact) mass is 447 g/mol. The fraction of sp³-hybridized carbons (Fsp3) is 0.333. The lowest BCUT2D eigenvalue weighted by atomic mass is 10.1. The predicted molar refractivity (Wildman–Crippen MR) is 120 cm³/mol. The van der Waals surface area contributed by atoms with Crippen molar-refractivity contribution in [3.05, 3.63) is 59.4 Å². The number of carbonyl (C=O) groups excluding carboxylic acids is 1. The van der Waals surface area contributed by atoms with Gasteiger partial charge in [0.05, 0.1) is 35.0 Å². The lowest BCUT2D eigenvalue weighted by Crippen LogP contribution is -2.40. The first-order chi connectivity index (χ1) is 14.2. The highest BCUT2D eigenvalue weighted by atomic mass is 32.2. The molecule has 1 saturated heterocycles. The number of rotatable bonds is 4. The van der Waals surface area contributed by atoms with Gasteiger partial charge in [0, 0.05) is 5.69 Å². The Morgan fingerprint density at radius 1 is 1.20 bits per heavy atom. The fourth-order valence-electron chi connectivity index (χ4n) is 3.76. The number of benzene rings is 2. The molecule has 158 valence electrons. The summed E-state index contributed by atoms with van der Waals surface area (Å²) in [5.74, 6) is -0.691. The number of halogens is 1. The van der Waals surface area contributed by atoms with Gasteiger partial charge in [-0.25, -0.2) is 12.8 Å². The number of hydrogen-bond donors (Lipinski definition) is 1. The van der Waals surface area contributed by atoms with Crippen molar-refractivity contribution in [3.63, 3.8) is 0 Å². The molecule has 0 unspecified atom stereocenters. The standard InChI is InChI=1S/C21H22FN3O3S2/c1-13-6-5-8-16(14(13)2)23-20(26)10-29-21-24-17-11-30(27,28)12-19(17)25(21)18-9-4-3-7-15(18)22/h3-9,17,19H,10-12H2,1-2H3,(H,23,26)/t17-,19+/m1/s1. The Kier molecular flexibility index (Phi) is 5.59. The van der Waals surface area contributed by atoms with Crippen LogP contribution in [0.1, 0.15) is 11.1 Å². The molecular weight excluding hydrogens is 425 g/mol. The van der Waals surface area contributed by atoms with Gasteiger partial charge >= 0.3 is 0 Å². The average Bonchev–Trinajstić information content (AvgIpc) is 3.15. The maximum Gasteiger partial charge on any atom is 0.234 e. The lowest BCUT2D eigenvalue weighted by Gasteiger charge is -2.26. The molecule has 2 heterocycles. The number of thioether (sulfide) groups is 1. The van der Waals surface area contributed by atoms with Crippen LogP contribution < -0.4 is 10.2 Å². The van der Waals surface area contributed by atoms with Crippen LogP contribution in [0.5, 0.6) is 0 Å². The van der Waals surface area contributed by atoms with Gasteiger partial charge in [0.1, 0.15) is 5.82 Å². The second-order valence-electron chi connectivity index (χ2n) is 7.53. The number of aryl methyl sites for hydroxylation is 1. The van der Waals surface area contributed by atoms with Gasteiger partial charge in [0.25, 0.3) is 0 Å². The molecular formula is C21H22FN3O3S2. The van der Waals surface area contributed by atoms with Crippen molar-refractivity contribution in [1.29, 1.82) is 0 Å². The molecule has 2 aliphatic rings. The zero-order valence-electron chi connectivity index (χ0n) is 16.6. The van der Waals surface area contributed by atoms with E-state index in [1.807, 2.05) is 32.0 Å². The van der Waals surface area contributed by atoms with Crippen LogP contribution >= 0.6 is 11.8 Å². The Morgan fingerprint density at radius 2 is 1.97 bits per heavy atom. The molecule has 0 saturated carbocycles. The molecule has 0 bridgehead atoms. The van der Waals surface area contributed by atoms with Gasteiger partial charge in [-0.15, -0.1) is 0 Å². The Labute approximate surface area is 179 Å². The first-order valence-electron chi connectivity index (χ1n) is 9.56. The van der Waals surface area contributed by atoms with Gasteiger partial charge in [-0.2, -0.15) is 0 Å². The number of aliphatic imine (C=N–C) groups is 1. The number of hydrogen-bond acceptors (Lipinski definition) is 6. The minimum Gasteiger partial charge on any atom is -0.325 e. The molecule has 1 fully saturated rings. The third kappa shape index (κ3) is 4.09. The summed E-state index contributed by atoms with van der Waals surface area (Å²) >= 11 is 1.19. The summed E-state index contributed by atoms with van der Waals surface area (Å²) in [6.45, 7) is 3.92. The van der Waals surface area contributed by atoms with E-state index < -0.39 is 27.7 Å². The number of nitrogens with zero attached hydrogens (tertiary/aromatic N) is 2. The van der Waals surface area contributed by atoms with Crippen LogP contribution in [0.4, 0.5) is 15.8 Å². The van der Waals surface area contributed by atoms with Gasteiger partial charge < -0.3 is 10.2 Å². The van der Waals surface area contributed by atoms with Crippen molar-refractivity contribution >= 4 is 44.0 Å². The van der Waals surface area contributed by atoms with E-state index in [-0.39, 0.29) is 28.9 Å². The van der Waals surface area contributed by atoms with E-state index in [2.05, 4.69) is 10.3 Å². The van der Waals surface area contributed by atoms with Gasteiger partial charge in [-0.3, -0.25) is 9.79 Å². The second-order valence-corrected chi connectivity index (χ2v) is 10.6. The number of nitrogens with one attached hydrogen (secondary N) is 1. The molecule has 30 heavy (non-hydrogen) atoms. The maximum atomic E-state index is 14.5. The van der Waals surface area contributed by atoms with E-state index in [1.165, 1.54) is 17.8 Å². The van der Waals surface area contributed by atoms with Crippen LogP contribution in [-0.2, 0) is 14.6 Å². The first kappa shape index (κ1) is 20.9. The predicted octanol–water partition coefficient (Wildman–Crippen LogP) is 3.16. The summed E-state index contributed by atoms with van der Waals surface area (Å²) in [5.41, 5.74) is 3.12. The van der Waals surface area contributed by atoms with Crippen LogP contribution in [-0.4, -0.2) is 48.8 Å². The van der Waals surface area contributed by atoms with Crippen molar-refractivity contribution < 1.29 is 17.6 Å². The number of amidine groups is 1. The molecule has 1 amide bonds. The van der Waals surface area contributed by atoms with Gasteiger partial charge in [0.15, 0.2) is 15.0 Å². The number of sulfone groups is 1. The van der Waals surface area contributed by atoms with Crippen LogP contribution in [0.3, 0.4) is 0 Å². The number of amides is 1. The van der Waals surface area contributed by atoms with Gasteiger partial charge in [0.2, 0.25) is 5.91 Å². The molecule has 2 aliphatic heterocycles. The van der Waals surface area contributed by atoms with E-state index in [4.69, 9.17) is 0 Å². The van der Waals surface area contributed by atoms with Gasteiger partial charge in [-0.1, -0.05) is 36.0 Å². The second kappa shape index (κ2) is 8.03. The summed E-state index contributed by atoms with van der Waals surface area (Å²) in [6.07, 6.45) is 0. The summed E-state index contributed by atoms with van der Waals surface area (Å²) in [7, 11) is -3.22. The highest BCUT2D eigenvalue weighted by Gasteiger charge is 2.47. The van der Waals surface area contributed by atoms with Crippen molar-refractivity contribution in [3.8, 4) is 0 Å². The smallest absolute Gasteiger partial charge is 0.234 e. The zero-order chi connectivity index (χ0) is 21.5. The van der Waals surface area contributed by atoms with E-state index in [0.29, 0.717) is 5.17 Å². The summed E-state index contributed by atoms with van der Waals surface area (Å²) in [6, 6.07) is 11.0. The van der Waals surface area contributed by atoms with Crippen molar-refractivity contribution in [1.82, 2.24) is 0 Å². The summed E-state index contributed by atoms with van der Waals surface area (Å²) < 4.78 is 38.7. The third-order valence-electron chi connectivity index (χ3n) is 5.43. The number of fused-ring (bicyclic) bond motifs is 1. The minimum absolute atomic E-state index is 0.0542. The maximum absolute atomic E-state index is 14.5. The fourth-order valence-corrected chi connectivity index (χ4v) is 6.52. The molecule has 1 N–H and O–H groups in total. The largest absolute Gasteiger partial charge is 0.325 e. The van der Waals surface area contributed by atoms with Crippen molar-refractivity contribution in [2.45, 2.75) is 25.9 Å². The molecule has 2 aromatic rings. The Morgan fingerprint density at radius 3 is 2.73 bits per heavy atom. The number of para-hydroxylation sites is 1. The summed E-state index contributed by atoms with van der Waals surface area (Å²) in [4.78, 5) is 18.7. The normalized spacial score (nSPS) is 22.0. The van der Waals surface area contributed by atoms with E-state index in [0.717, 1.165) is 16.8 Å². The van der Waals surface area contributed by atoms with Crippen molar-refractivity contribution in [2.75, 3.05) is 27.5 Å². The van der Waals surface area contributed by atoms with E-state index >= 15 is 0 Å². The lowest BCUT2D eigenvalue weighted by molar-refractivity contribution is -0.113. The zero-order valence-corrected chi connectivity index (χ0v) is 18.3. The van der Waals surface area contributed by atoms with E-state index in [9.17, 15) is 17.6 Å². The molecule has 0 radical (unpaired) electrons. The first-order valence-corrected chi connectivity index (χ1v) is 12.4. The van der Waals surface area contributed by atoms with Crippen LogP contribution in [0.2, 0.25) is 0 Å². The topological polar surface area (TPSA) is 78.8 Å². The highest BCUT2D eigenvalue weighted by Crippen LogP contribution is 2.36. The molecule has 2 atom stereocenters. The molecule has 9 heteroatoms. The van der Waals surface area contributed by atoms with E-state index in [1.54, 1.807) is 23.1 Å². The number of carbonyl (C=O) groups is 1. The highest BCUT2D eigenvalue weighted by molar-refractivity contribution is 8.14. The van der Waals surface area contributed by atoms with Crippen LogP contribution in [0, 0.1) is 19.7 Å². The SMILES string of the molecule is Cc1cccc(NC(=O)CSC2=N[C@@H]3CS(=O)(=O)C[C@@H]3N2c2ccccc2F)c1C. The van der Waals surface area contributed by atoms with Gasteiger partial charge in [-0.05, 0) is 43.2 Å². The molecule has 0 aromatic heterocycles. The molecule has 0 aliphatic carbocycles. The quantitative estimate of drug-likeness (QED) is 0.779. The Bertz CT molecular complexity index is 1130. The third-order valence-corrected chi connectivity index (χ3v) is 8.10. The minimum atomic E-state index is -3.22. The molecule has 0 spiro atoms. The average molecular weight is 448 g/mol. The Balaban J connectivity index is 1.52. The molecule has 4 rings (SSSR count). The summed E-state index contributed by atoms with van der Waals surface area (Å²) in [5, 5.41) is 3.37.